The molecule has 0 aromatic carbocycles. The van der Waals surface area contributed by atoms with Gasteiger partial charge < -0.3 is 15.5 Å². The van der Waals surface area contributed by atoms with Crippen molar-refractivity contribution >= 4 is 29.9 Å². The lowest BCUT2D eigenvalue weighted by Crippen LogP contribution is -2.43. The number of hydrogen-bond donors (Lipinski definition) is 1. The van der Waals surface area contributed by atoms with Crippen LogP contribution in [-0.2, 0) is 0 Å². The summed E-state index contributed by atoms with van der Waals surface area (Å²) in [4.78, 5) is 9.45. The Balaban J connectivity index is 0.00000200. The molecule has 118 valence electrons. The van der Waals surface area contributed by atoms with E-state index in [-0.39, 0.29) is 24.0 Å². The Kier molecular flexibility index (Phi) is 8.17. The summed E-state index contributed by atoms with van der Waals surface area (Å²) in [6.07, 6.45) is 5.13. The molecule has 0 saturated carbocycles. The Bertz CT molecular complexity index is 300. The van der Waals surface area contributed by atoms with Crippen molar-refractivity contribution in [1.82, 2.24) is 9.80 Å². The molecule has 0 bridgehead atoms. The van der Waals surface area contributed by atoms with Gasteiger partial charge in [0, 0.05) is 26.2 Å². The van der Waals surface area contributed by atoms with E-state index < -0.39 is 0 Å². The number of nitrogens with zero attached hydrogens (tertiary/aromatic N) is 3. The van der Waals surface area contributed by atoms with E-state index in [1.54, 1.807) is 0 Å². The van der Waals surface area contributed by atoms with Crippen LogP contribution in [0.3, 0.4) is 0 Å². The second-order valence-electron chi connectivity index (χ2n) is 6.27. The third-order valence-corrected chi connectivity index (χ3v) is 4.67. The van der Waals surface area contributed by atoms with Crippen molar-refractivity contribution in [2.24, 2.45) is 22.6 Å². The van der Waals surface area contributed by atoms with Gasteiger partial charge in [0.1, 0.15) is 0 Å². The van der Waals surface area contributed by atoms with Gasteiger partial charge >= 0.3 is 0 Å². The number of aliphatic imine (C=N–C) groups is 1. The molecule has 2 heterocycles. The SMILES string of the molecule is CCN1CCCC(CN=C(N)N2CCC(C)CC2)C1.I. The molecule has 0 radical (unpaired) electrons. The summed E-state index contributed by atoms with van der Waals surface area (Å²) < 4.78 is 0. The maximum atomic E-state index is 6.14. The van der Waals surface area contributed by atoms with Gasteiger partial charge in [0.2, 0.25) is 0 Å². The smallest absolute Gasteiger partial charge is 0.191 e. The van der Waals surface area contributed by atoms with E-state index in [4.69, 9.17) is 5.73 Å². The average Bonchev–Trinajstić information content (AvgIpc) is 2.46. The minimum atomic E-state index is 0. The molecule has 0 aromatic rings. The third-order valence-electron chi connectivity index (χ3n) is 4.67. The first kappa shape index (κ1) is 18.0. The fourth-order valence-electron chi connectivity index (χ4n) is 3.15. The van der Waals surface area contributed by atoms with Crippen LogP contribution in [0, 0.1) is 11.8 Å². The molecule has 1 atom stereocenters. The summed E-state index contributed by atoms with van der Waals surface area (Å²) in [6.45, 7) is 11.3. The largest absolute Gasteiger partial charge is 0.370 e. The zero-order valence-corrected chi connectivity index (χ0v) is 15.4. The maximum absolute atomic E-state index is 6.14. The second-order valence-corrected chi connectivity index (χ2v) is 6.27. The molecule has 2 aliphatic heterocycles. The Morgan fingerprint density at radius 3 is 2.55 bits per heavy atom. The summed E-state index contributed by atoms with van der Waals surface area (Å²) in [5.74, 6) is 2.33. The van der Waals surface area contributed by atoms with Crippen LogP contribution in [0.15, 0.2) is 4.99 Å². The number of likely N-dealkylation sites (tertiary alicyclic amines) is 2. The van der Waals surface area contributed by atoms with Crippen LogP contribution in [0.1, 0.15) is 39.5 Å². The van der Waals surface area contributed by atoms with E-state index in [0.29, 0.717) is 5.92 Å². The summed E-state index contributed by atoms with van der Waals surface area (Å²) in [7, 11) is 0. The number of halogens is 1. The quantitative estimate of drug-likeness (QED) is 0.454. The molecule has 2 saturated heterocycles. The van der Waals surface area contributed by atoms with Gasteiger partial charge in [-0.15, -0.1) is 24.0 Å². The molecule has 20 heavy (non-hydrogen) atoms. The van der Waals surface area contributed by atoms with Gasteiger partial charge in [-0.1, -0.05) is 13.8 Å². The van der Waals surface area contributed by atoms with Gasteiger partial charge in [-0.05, 0) is 50.6 Å². The van der Waals surface area contributed by atoms with E-state index in [2.05, 4.69) is 28.6 Å². The van der Waals surface area contributed by atoms with Gasteiger partial charge in [-0.2, -0.15) is 0 Å². The maximum Gasteiger partial charge on any atom is 0.191 e. The van der Waals surface area contributed by atoms with E-state index >= 15 is 0 Å². The van der Waals surface area contributed by atoms with Gasteiger partial charge in [0.25, 0.3) is 0 Å². The highest BCUT2D eigenvalue weighted by Gasteiger charge is 2.20. The molecule has 2 rings (SSSR count). The number of guanidine groups is 1. The fraction of sp³-hybridized carbons (Fsp3) is 0.933. The molecule has 0 aromatic heterocycles. The molecule has 2 N–H and O–H groups in total. The first-order valence-electron chi connectivity index (χ1n) is 7.96. The minimum absolute atomic E-state index is 0. The van der Waals surface area contributed by atoms with Crippen LogP contribution >= 0.6 is 24.0 Å². The van der Waals surface area contributed by atoms with E-state index in [9.17, 15) is 0 Å². The summed E-state index contributed by atoms with van der Waals surface area (Å²) >= 11 is 0. The predicted molar refractivity (Wildman–Crippen MR) is 96.7 cm³/mol. The van der Waals surface area contributed by atoms with Crippen LogP contribution in [0.4, 0.5) is 0 Å². The van der Waals surface area contributed by atoms with Crippen LogP contribution in [-0.4, -0.2) is 55.0 Å². The summed E-state index contributed by atoms with van der Waals surface area (Å²) in [6, 6.07) is 0. The molecule has 0 amide bonds. The molecule has 2 aliphatic rings. The first-order valence-corrected chi connectivity index (χ1v) is 7.96. The van der Waals surface area contributed by atoms with Crippen molar-refractivity contribution in [3.63, 3.8) is 0 Å². The van der Waals surface area contributed by atoms with Gasteiger partial charge in [0.15, 0.2) is 5.96 Å². The van der Waals surface area contributed by atoms with Crippen molar-refractivity contribution < 1.29 is 0 Å². The lowest BCUT2D eigenvalue weighted by Gasteiger charge is -2.33. The lowest BCUT2D eigenvalue weighted by atomic mass is 9.98. The molecule has 0 aliphatic carbocycles. The molecule has 5 heteroatoms. The predicted octanol–water partition coefficient (Wildman–Crippen LogP) is 2.38. The van der Waals surface area contributed by atoms with E-state index in [0.717, 1.165) is 31.5 Å². The minimum Gasteiger partial charge on any atom is -0.370 e. The second kappa shape index (κ2) is 9.07. The lowest BCUT2D eigenvalue weighted by molar-refractivity contribution is 0.186. The zero-order valence-electron chi connectivity index (χ0n) is 13.1. The normalized spacial score (nSPS) is 26.4. The summed E-state index contributed by atoms with van der Waals surface area (Å²) in [5, 5.41) is 0. The van der Waals surface area contributed by atoms with Crippen LogP contribution < -0.4 is 5.73 Å². The van der Waals surface area contributed by atoms with Crippen LogP contribution in [0.25, 0.3) is 0 Å². The number of rotatable bonds is 3. The Labute approximate surface area is 141 Å². The Morgan fingerprint density at radius 1 is 1.20 bits per heavy atom. The molecule has 2 fully saturated rings. The van der Waals surface area contributed by atoms with Gasteiger partial charge in [-0.25, -0.2) is 0 Å². The topological polar surface area (TPSA) is 44.9 Å². The standard InChI is InChI=1S/C15H30N4.HI/c1-3-18-8-4-5-14(12-18)11-17-15(16)19-9-6-13(2)7-10-19;/h13-14H,3-12H2,1-2H3,(H2,16,17);1H. The zero-order chi connectivity index (χ0) is 13.7. The molecule has 4 nitrogen and oxygen atoms in total. The van der Waals surface area contributed by atoms with Crippen molar-refractivity contribution in [3.05, 3.63) is 0 Å². The van der Waals surface area contributed by atoms with Gasteiger partial charge in [-0.3, -0.25) is 4.99 Å². The van der Waals surface area contributed by atoms with Gasteiger partial charge in [0.05, 0.1) is 0 Å². The average molecular weight is 394 g/mol. The van der Waals surface area contributed by atoms with Crippen molar-refractivity contribution in [1.29, 1.82) is 0 Å². The molecular weight excluding hydrogens is 363 g/mol. The fourth-order valence-corrected chi connectivity index (χ4v) is 3.15. The molecule has 1 unspecified atom stereocenters. The van der Waals surface area contributed by atoms with Crippen LogP contribution in [0.5, 0.6) is 0 Å². The molecular formula is C15H31IN4. The van der Waals surface area contributed by atoms with E-state index in [1.165, 1.54) is 45.3 Å². The number of nitrogens with two attached hydrogens (primary N) is 1. The van der Waals surface area contributed by atoms with Crippen molar-refractivity contribution in [2.75, 3.05) is 39.3 Å². The highest BCUT2D eigenvalue weighted by atomic mass is 127. The summed E-state index contributed by atoms with van der Waals surface area (Å²) in [5.41, 5.74) is 6.14. The van der Waals surface area contributed by atoms with Crippen molar-refractivity contribution in [2.45, 2.75) is 39.5 Å². The van der Waals surface area contributed by atoms with Crippen LogP contribution in [0.2, 0.25) is 0 Å². The number of hydrogen-bond acceptors (Lipinski definition) is 2. The van der Waals surface area contributed by atoms with E-state index in [1.807, 2.05) is 0 Å². The first-order chi connectivity index (χ1) is 9.19. The highest BCUT2D eigenvalue weighted by molar-refractivity contribution is 14.0. The third kappa shape index (κ3) is 5.39. The Morgan fingerprint density at radius 2 is 1.90 bits per heavy atom. The Hall–Kier alpha value is -0.0400. The monoisotopic (exact) mass is 394 g/mol. The highest BCUT2D eigenvalue weighted by Crippen LogP contribution is 2.18. The number of piperidine rings is 2. The van der Waals surface area contributed by atoms with Crippen molar-refractivity contribution in [3.8, 4) is 0 Å². The molecule has 0 spiro atoms.